The first-order chi connectivity index (χ1) is 30.3. The van der Waals surface area contributed by atoms with Gasteiger partial charge >= 0.3 is 5.97 Å². The van der Waals surface area contributed by atoms with Crippen molar-refractivity contribution in [1.29, 1.82) is 0 Å². The lowest BCUT2D eigenvalue weighted by atomic mass is 9.69. The Morgan fingerprint density at radius 1 is 0.774 bits per heavy atom. The van der Waals surface area contributed by atoms with Crippen LogP contribution in [0.2, 0.25) is 0 Å². The first kappa shape index (κ1) is 56.7. The van der Waals surface area contributed by atoms with Gasteiger partial charge in [-0.05, 0) is 145 Å². The molecule has 0 aromatic heterocycles. The van der Waals surface area contributed by atoms with E-state index in [9.17, 15) is 4.79 Å². The fourth-order valence-corrected chi connectivity index (χ4v) is 10.6. The molecule has 0 spiro atoms. The summed E-state index contributed by atoms with van der Waals surface area (Å²) in [6.07, 6.45) is 47.1. The van der Waals surface area contributed by atoms with Gasteiger partial charge in [0, 0.05) is 26.2 Å². The predicted octanol–water partition coefficient (Wildman–Crippen LogP) is 15.6. The Labute approximate surface area is 385 Å². The number of ether oxygens (including phenoxy) is 3. The summed E-state index contributed by atoms with van der Waals surface area (Å²) in [7, 11) is 0. The van der Waals surface area contributed by atoms with E-state index in [0.29, 0.717) is 32.8 Å². The minimum absolute atomic E-state index is 0.0846. The maximum atomic E-state index is 10.5. The van der Waals surface area contributed by atoms with Crippen molar-refractivity contribution in [3.8, 4) is 0 Å². The second-order valence-electron chi connectivity index (χ2n) is 20.3. The lowest BCUT2D eigenvalue weighted by Crippen LogP contribution is -2.40. The maximum absolute atomic E-state index is 10.5. The van der Waals surface area contributed by atoms with E-state index < -0.39 is 5.97 Å². The van der Waals surface area contributed by atoms with Crippen LogP contribution < -0.4 is 0 Å². The van der Waals surface area contributed by atoms with E-state index in [1.54, 1.807) is 25.7 Å². The minimum Gasteiger partial charge on any atom is -0.481 e. The van der Waals surface area contributed by atoms with Gasteiger partial charge in [0.15, 0.2) is 0 Å². The lowest BCUT2D eigenvalue weighted by molar-refractivity contribution is -0.137. The van der Waals surface area contributed by atoms with Crippen LogP contribution in [-0.4, -0.2) is 74.7 Å². The Hall–Kier alpha value is -1.47. The minimum atomic E-state index is -0.775. The highest BCUT2D eigenvalue weighted by atomic mass is 16.5. The summed E-state index contributed by atoms with van der Waals surface area (Å²) >= 11 is 0. The molecule has 4 rings (SSSR count). The third kappa shape index (κ3) is 29.1. The molecule has 0 amide bonds. The molecule has 4 fully saturated rings. The molecule has 1 saturated heterocycles. The molecule has 4 aliphatic rings. The second-order valence-corrected chi connectivity index (χ2v) is 20.3. The third-order valence-electron chi connectivity index (χ3n) is 14.2. The van der Waals surface area contributed by atoms with Crippen LogP contribution in [0.25, 0.3) is 0 Å². The van der Waals surface area contributed by atoms with E-state index in [4.69, 9.17) is 19.3 Å². The molecule has 0 bridgehead atoms. The summed E-state index contributed by atoms with van der Waals surface area (Å²) in [6.45, 7) is 21.5. The van der Waals surface area contributed by atoms with E-state index in [2.05, 4.69) is 64.3 Å². The van der Waals surface area contributed by atoms with Crippen LogP contribution in [0.1, 0.15) is 221 Å². The van der Waals surface area contributed by atoms with Crippen molar-refractivity contribution in [1.82, 2.24) is 4.90 Å². The fourth-order valence-electron chi connectivity index (χ4n) is 10.6. The number of carboxylic acid groups (broad SMARTS) is 1. The highest BCUT2D eigenvalue weighted by molar-refractivity contribution is 5.66. The van der Waals surface area contributed by atoms with Gasteiger partial charge in [0.25, 0.3) is 0 Å². The normalized spacial score (nSPS) is 24.0. The zero-order valence-corrected chi connectivity index (χ0v) is 41.7. The molecule has 6 nitrogen and oxygen atoms in total. The molecular weight excluding hydrogens is 767 g/mol. The number of unbranched alkanes of at least 4 members (excludes halogenated alkanes) is 8. The molecule has 3 aliphatic carbocycles. The third-order valence-corrected chi connectivity index (χ3v) is 14.2. The number of nitrogens with zero attached hydrogens (tertiary/aromatic N) is 1. The van der Waals surface area contributed by atoms with Crippen LogP contribution in [0.15, 0.2) is 36.5 Å². The van der Waals surface area contributed by atoms with Crippen LogP contribution in [-0.2, 0) is 19.0 Å². The Kier molecular flexibility index (Phi) is 35.4. The van der Waals surface area contributed by atoms with Gasteiger partial charge in [-0.2, -0.15) is 0 Å². The number of rotatable bonds is 31. The summed E-state index contributed by atoms with van der Waals surface area (Å²) < 4.78 is 17.4. The summed E-state index contributed by atoms with van der Waals surface area (Å²) in [5.74, 6) is 5.37. The van der Waals surface area contributed by atoms with Gasteiger partial charge in [-0.1, -0.05) is 148 Å². The van der Waals surface area contributed by atoms with Crippen molar-refractivity contribution in [3.63, 3.8) is 0 Å². The summed E-state index contributed by atoms with van der Waals surface area (Å²) in [5.41, 5.74) is 1.81. The molecule has 1 aliphatic heterocycles. The molecule has 6 heteroatoms. The fraction of sp³-hybridized carbons (Fsp3) is 0.875. The van der Waals surface area contributed by atoms with Crippen LogP contribution in [0.3, 0.4) is 0 Å². The van der Waals surface area contributed by atoms with Crippen molar-refractivity contribution in [2.45, 2.75) is 227 Å². The van der Waals surface area contributed by atoms with Crippen molar-refractivity contribution < 1.29 is 24.1 Å². The number of allylic oxidation sites excluding steroid dienone is 5. The monoisotopic (exact) mass is 870 g/mol. The Balaban J connectivity index is 0.000000352. The van der Waals surface area contributed by atoms with E-state index >= 15 is 0 Å². The predicted molar refractivity (Wildman–Crippen MR) is 266 cm³/mol. The first-order valence-corrected chi connectivity index (χ1v) is 26.9. The van der Waals surface area contributed by atoms with Crippen molar-refractivity contribution in [2.75, 3.05) is 52.7 Å². The molecule has 4 unspecified atom stereocenters. The van der Waals surface area contributed by atoms with E-state index in [0.717, 1.165) is 74.6 Å². The molecule has 0 aromatic rings. The molecule has 62 heavy (non-hydrogen) atoms. The molecule has 1 heterocycles. The number of hydrogen-bond donors (Lipinski definition) is 1. The van der Waals surface area contributed by atoms with E-state index in [1.165, 1.54) is 135 Å². The molecule has 3 saturated carbocycles. The number of carbonyl (C=O) groups is 1. The van der Waals surface area contributed by atoms with E-state index in [1.807, 2.05) is 11.6 Å². The zero-order valence-electron chi connectivity index (χ0n) is 41.7. The number of aliphatic carboxylic acids is 1. The number of carboxylic acids is 1. The Morgan fingerprint density at radius 2 is 1.53 bits per heavy atom. The molecule has 0 aromatic carbocycles. The lowest BCUT2D eigenvalue weighted by Gasteiger charge is -2.36. The number of piperidine rings is 1. The standard InChI is InChI=1S/C25H44.C21H41NO5.C10H18/c1-19(2)8-4-5-11-22-16-17-25-23(12-7-13-24(22)25)15-14-21-10-6-9-20(3)18-21;1-2-3-4-5-9-14-26-19-20(18-22-12-7-6-8-13-22)27-17-16-25-15-10-11-21(23)24;1-3-5-7-9-10-8-6-4-2/h14,19-20,22-25H,4-13,15-18H2,1-3H3;20H,2-19H2,1H3,(H,23,24);3,7,9H,1,4-6,8,10H2,2H3/b21-14+;;9-7-/t20-,22+,23?,24?,25?;;/m1../s1. The number of likely N-dealkylation sites (tertiary alicyclic amines) is 1. The van der Waals surface area contributed by atoms with Crippen LogP contribution >= 0.6 is 0 Å². The molecular formula is C56H103NO5. The number of fused-ring (bicyclic) bond motifs is 1. The summed E-state index contributed by atoms with van der Waals surface area (Å²) in [5, 5.41) is 8.61. The Morgan fingerprint density at radius 3 is 2.27 bits per heavy atom. The van der Waals surface area contributed by atoms with Crippen LogP contribution in [0.4, 0.5) is 0 Å². The van der Waals surface area contributed by atoms with Gasteiger partial charge in [-0.25, -0.2) is 0 Å². The topological polar surface area (TPSA) is 68.2 Å². The van der Waals surface area contributed by atoms with Crippen molar-refractivity contribution in [2.24, 2.45) is 35.5 Å². The van der Waals surface area contributed by atoms with Gasteiger partial charge < -0.3 is 24.2 Å². The SMILES string of the molecule is C=CC/C=C\CCCCC.CC(C)CCCC[C@H]1CCC2C(C/C=C3\CCC[C@@H](C)C3)CCCC21.CCCCCCCOCC(CN1CCCCC1)OCCOCCCC(=O)O. The quantitative estimate of drug-likeness (QED) is 0.0553. The average molecular weight is 870 g/mol. The molecule has 0 radical (unpaired) electrons. The zero-order chi connectivity index (χ0) is 44.9. The van der Waals surface area contributed by atoms with Gasteiger partial charge in [0.05, 0.1) is 25.9 Å². The number of hydrogen-bond acceptors (Lipinski definition) is 5. The highest BCUT2D eigenvalue weighted by Crippen LogP contribution is 2.51. The van der Waals surface area contributed by atoms with Crippen LogP contribution in [0.5, 0.6) is 0 Å². The Bertz CT molecular complexity index is 1110. The van der Waals surface area contributed by atoms with E-state index in [-0.39, 0.29) is 12.5 Å². The molecule has 6 atom stereocenters. The summed E-state index contributed by atoms with van der Waals surface area (Å²) in [4.78, 5) is 12.9. The average Bonchev–Trinajstić information content (AvgIpc) is 3.69. The smallest absolute Gasteiger partial charge is 0.303 e. The maximum Gasteiger partial charge on any atom is 0.303 e. The van der Waals surface area contributed by atoms with Gasteiger partial charge in [-0.3, -0.25) is 4.79 Å². The van der Waals surface area contributed by atoms with Crippen molar-refractivity contribution in [3.05, 3.63) is 36.5 Å². The van der Waals surface area contributed by atoms with Crippen LogP contribution in [0, 0.1) is 35.5 Å². The first-order valence-electron chi connectivity index (χ1n) is 26.9. The van der Waals surface area contributed by atoms with Crippen molar-refractivity contribution >= 4 is 5.97 Å². The van der Waals surface area contributed by atoms with Gasteiger partial charge in [0.1, 0.15) is 0 Å². The summed E-state index contributed by atoms with van der Waals surface area (Å²) in [6, 6.07) is 0. The molecule has 362 valence electrons. The van der Waals surface area contributed by atoms with Gasteiger partial charge in [-0.15, -0.1) is 6.58 Å². The van der Waals surface area contributed by atoms with Gasteiger partial charge in [0.2, 0.25) is 0 Å². The largest absolute Gasteiger partial charge is 0.481 e. The highest BCUT2D eigenvalue weighted by Gasteiger charge is 2.41. The molecule has 1 N–H and O–H groups in total. The second kappa shape index (κ2) is 38.8.